The van der Waals surface area contributed by atoms with Crippen LogP contribution in [0.2, 0.25) is 0 Å². The van der Waals surface area contributed by atoms with Crippen LogP contribution in [0.15, 0.2) is 11.3 Å². The van der Waals surface area contributed by atoms with Crippen molar-refractivity contribution >= 4 is 0 Å². The van der Waals surface area contributed by atoms with E-state index in [0.717, 1.165) is 30.8 Å². The van der Waals surface area contributed by atoms with Crippen LogP contribution in [0.25, 0.3) is 0 Å². The Morgan fingerprint density at radius 1 is 1.45 bits per heavy atom. The normalized spacial score (nSPS) is 17.8. The van der Waals surface area contributed by atoms with Crippen LogP contribution in [0.1, 0.15) is 32.6 Å². The van der Waals surface area contributed by atoms with Crippen molar-refractivity contribution in [3.63, 3.8) is 0 Å². The van der Waals surface area contributed by atoms with Crippen LogP contribution in [-0.2, 0) is 4.74 Å². The fourth-order valence-corrected chi connectivity index (χ4v) is 1.36. The molecule has 1 aliphatic rings. The van der Waals surface area contributed by atoms with Crippen LogP contribution < -0.4 is 0 Å². The maximum atomic E-state index is 5.42. The van der Waals surface area contributed by atoms with Crippen molar-refractivity contribution in [2.75, 3.05) is 6.61 Å². The second-order valence-corrected chi connectivity index (χ2v) is 2.69. The molecule has 0 N–H and O–H groups in total. The maximum Gasteiger partial charge on any atom is 0.107 e. The van der Waals surface area contributed by atoms with E-state index in [0.29, 0.717) is 0 Å². The standard InChI is InChI=1S/C10H14O/c1-3-9-7-5-6-8-10(9)11-4-2/h1H,4-8H2,2H3. The minimum atomic E-state index is 0.737. The number of hydrogen-bond acceptors (Lipinski definition) is 1. The predicted octanol–water partition coefficient (Wildman–Crippen LogP) is 2.48. The average Bonchev–Trinajstić information content (AvgIpc) is 2.06. The third-order valence-electron chi connectivity index (χ3n) is 1.91. The highest BCUT2D eigenvalue weighted by Gasteiger charge is 2.10. The van der Waals surface area contributed by atoms with Crippen molar-refractivity contribution in [3.05, 3.63) is 11.3 Å². The van der Waals surface area contributed by atoms with Gasteiger partial charge in [0.1, 0.15) is 5.76 Å². The van der Waals surface area contributed by atoms with Crippen molar-refractivity contribution in [3.8, 4) is 12.3 Å². The number of allylic oxidation sites excluding steroid dienone is 2. The molecule has 0 aliphatic heterocycles. The average molecular weight is 150 g/mol. The summed E-state index contributed by atoms with van der Waals surface area (Å²) in [4.78, 5) is 0. The molecular weight excluding hydrogens is 136 g/mol. The summed E-state index contributed by atoms with van der Waals surface area (Å²) in [6.45, 7) is 2.73. The summed E-state index contributed by atoms with van der Waals surface area (Å²) in [5.41, 5.74) is 1.08. The first-order chi connectivity index (χ1) is 5.38. The van der Waals surface area contributed by atoms with Crippen LogP contribution in [0.4, 0.5) is 0 Å². The highest BCUT2D eigenvalue weighted by atomic mass is 16.5. The van der Waals surface area contributed by atoms with Gasteiger partial charge in [-0.1, -0.05) is 5.92 Å². The van der Waals surface area contributed by atoms with E-state index in [1.165, 1.54) is 12.8 Å². The third-order valence-corrected chi connectivity index (χ3v) is 1.91. The van der Waals surface area contributed by atoms with Gasteiger partial charge in [0.15, 0.2) is 0 Å². The molecule has 60 valence electrons. The van der Waals surface area contributed by atoms with E-state index < -0.39 is 0 Å². The first-order valence-electron chi connectivity index (χ1n) is 4.20. The third kappa shape index (κ3) is 2.01. The molecule has 0 heterocycles. The molecule has 0 aromatic rings. The molecule has 0 radical (unpaired) electrons. The second kappa shape index (κ2) is 4.08. The highest BCUT2D eigenvalue weighted by molar-refractivity contribution is 5.29. The lowest BCUT2D eigenvalue weighted by atomic mass is 9.98. The van der Waals surface area contributed by atoms with E-state index in [-0.39, 0.29) is 0 Å². The first-order valence-corrected chi connectivity index (χ1v) is 4.20. The largest absolute Gasteiger partial charge is 0.497 e. The Morgan fingerprint density at radius 3 is 2.82 bits per heavy atom. The smallest absolute Gasteiger partial charge is 0.107 e. The van der Waals surface area contributed by atoms with Crippen molar-refractivity contribution < 1.29 is 4.74 Å². The highest BCUT2D eigenvalue weighted by Crippen LogP contribution is 2.24. The van der Waals surface area contributed by atoms with Gasteiger partial charge in [-0.2, -0.15) is 0 Å². The predicted molar refractivity (Wildman–Crippen MR) is 46.0 cm³/mol. The van der Waals surface area contributed by atoms with Crippen LogP contribution >= 0.6 is 0 Å². The molecule has 0 aromatic heterocycles. The zero-order chi connectivity index (χ0) is 8.10. The zero-order valence-corrected chi connectivity index (χ0v) is 7.02. The molecule has 0 saturated carbocycles. The van der Waals surface area contributed by atoms with Crippen molar-refractivity contribution in [1.29, 1.82) is 0 Å². The molecule has 0 fully saturated rings. The van der Waals surface area contributed by atoms with Crippen LogP contribution in [0, 0.1) is 12.3 Å². The monoisotopic (exact) mass is 150 g/mol. The molecule has 0 unspecified atom stereocenters. The van der Waals surface area contributed by atoms with E-state index >= 15 is 0 Å². The Kier molecular flexibility index (Phi) is 3.04. The summed E-state index contributed by atoms with van der Waals surface area (Å²) in [5, 5.41) is 0. The van der Waals surface area contributed by atoms with Gasteiger partial charge in [-0.05, 0) is 26.2 Å². The Morgan fingerprint density at radius 2 is 2.18 bits per heavy atom. The lowest BCUT2D eigenvalue weighted by Crippen LogP contribution is -2.02. The number of hydrogen-bond donors (Lipinski definition) is 0. The lowest BCUT2D eigenvalue weighted by molar-refractivity contribution is 0.208. The van der Waals surface area contributed by atoms with Gasteiger partial charge in [0.2, 0.25) is 0 Å². The lowest BCUT2D eigenvalue weighted by Gasteiger charge is -2.16. The molecule has 0 saturated heterocycles. The van der Waals surface area contributed by atoms with Gasteiger partial charge in [0.25, 0.3) is 0 Å². The van der Waals surface area contributed by atoms with E-state index in [1.807, 2.05) is 6.92 Å². The van der Waals surface area contributed by atoms with E-state index in [4.69, 9.17) is 11.2 Å². The van der Waals surface area contributed by atoms with Gasteiger partial charge >= 0.3 is 0 Å². The minimum absolute atomic E-state index is 0.737. The van der Waals surface area contributed by atoms with E-state index in [9.17, 15) is 0 Å². The van der Waals surface area contributed by atoms with Crippen LogP contribution in [0.3, 0.4) is 0 Å². The summed E-state index contributed by atoms with van der Waals surface area (Å²) in [6.07, 6.45) is 9.85. The van der Waals surface area contributed by atoms with E-state index in [2.05, 4.69) is 5.92 Å². The van der Waals surface area contributed by atoms with Crippen LogP contribution in [0.5, 0.6) is 0 Å². The number of ether oxygens (including phenoxy) is 1. The van der Waals surface area contributed by atoms with Crippen molar-refractivity contribution in [1.82, 2.24) is 0 Å². The SMILES string of the molecule is C#CC1=C(OCC)CCCC1. The fourth-order valence-electron chi connectivity index (χ4n) is 1.36. The number of rotatable bonds is 2. The van der Waals surface area contributed by atoms with Gasteiger partial charge in [-0.3, -0.25) is 0 Å². The van der Waals surface area contributed by atoms with Gasteiger partial charge in [0, 0.05) is 12.0 Å². The molecule has 1 nitrogen and oxygen atoms in total. The molecule has 1 rings (SSSR count). The minimum Gasteiger partial charge on any atom is -0.497 e. The summed E-state index contributed by atoms with van der Waals surface area (Å²) in [6, 6.07) is 0. The molecular formula is C10H14O. The summed E-state index contributed by atoms with van der Waals surface area (Å²) >= 11 is 0. The van der Waals surface area contributed by atoms with Crippen LogP contribution in [-0.4, -0.2) is 6.61 Å². The van der Waals surface area contributed by atoms with Crippen molar-refractivity contribution in [2.45, 2.75) is 32.6 Å². The van der Waals surface area contributed by atoms with Gasteiger partial charge in [0.05, 0.1) is 6.61 Å². The second-order valence-electron chi connectivity index (χ2n) is 2.69. The fraction of sp³-hybridized carbons (Fsp3) is 0.600. The quantitative estimate of drug-likeness (QED) is 0.549. The molecule has 0 aromatic carbocycles. The molecule has 11 heavy (non-hydrogen) atoms. The number of terminal acetylenes is 1. The summed E-state index contributed by atoms with van der Waals surface area (Å²) in [5.74, 6) is 3.75. The summed E-state index contributed by atoms with van der Waals surface area (Å²) in [7, 11) is 0. The molecule has 0 spiro atoms. The maximum absolute atomic E-state index is 5.42. The molecule has 0 atom stereocenters. The molecule has 1 aliphatic carbocycles. The van der Waals surface area contributed by atoms with Gasteiger partial charge in [-0.25, -0.2) is 0 Å². The first kappa shape index (κ1) is 8.20. The topological polar surface area (TPSA) is 9.23 Å². The van der Waals surface area contributed by atoms with Gasteiger partial charge < -0.3 is 4.74 Å². The molecule has 1 heteroatoms. The molecule has 0 bridgehead atoms. The Labute approximate surface area is 68.4 Å². The van der Waals surface area contributed by atoms with Gasteiger partial charge in [-0.15, -0.1) is 6.42 Å². The Bertz CT molecular complexity index is 195. The molecule has 0 amide bonds. The summed E-state index contributed by atoms with van der Waals surface area (Å²) < 4.78 is 5.42. The van der Waals surface area contributed by atoms with E-state index in [1.54, 1.807) is 0 Å². The zero-order valence-electron chi connectivity index (χ0n) is 7.02. The van der Waals surface area contributed by atoms with Crippen molar-refractivity contribution in [2.24, 2.45) is 0 Å². The Hall–Kier alpha value is -0.900. The Balaban J connectivity index is 2.67.